The van der Waals surface area contributed by atoms with E-state index < -0.39 is 37.8 Å². The summed E-state index contributed by atoms with van der Waals surface area (Å²) in [5, 5.41) is 17.7. The molecular formula is C25H26FN5O6S2. The molecular weight excluding hydrogens is 549 g/mol. The number of benzene rings is 2. The van der Waals surface area contributed by atoms with Crippen molar-refractivity contribution in [2.75, 3.05) is 16.3 Å². The largest absolute Gasteiger partial charge is 0.510 e. The molecule has 2 aromatic carbocycles. The molecule has 2 saturated heterocycles. The highest BCUT2D eigenvalue weighted by Crippen LogP contribution is 2.46. The Kier molecular flexibility index (Phi) is 5.97. The molecule has 3 fully saturated rings. The molecule has 14 heteroatoms. The van der Waals surface area contributed by atoms with E-state index in [9.17, 15) is 31.1 Å². The number of aliphatic hydroxyl groups is 1. The lowest BCUT2D eigenvalue weighted by Gasteiger charge is -2.56. The minimum absolute atomic E-state index is 0.0274. The molecule has 0 aromatic heterocycles. The number of rotatable bonds is 5. The van der Waals surface area contributed by atoms with Crippen molar-refractivity contribution in [3.8, 4) is 0 Å². The predicted molar refractivity (Wildman–Crippen MR) is 141 cm³/mol. The second kappa shape index (κ2) is 9.03. The molecule has 3 N–H and O–H groups in total. The van der Waals surface area contributed by atoms with Crippen molar-refractivity contribution in [1.82, 2.24) is 10.0 Å². The van der Waals surface area contributed by atoms with E-state index >= 15 is 0 Å². The van der Waals surface area contributed by atoms with Crippen LogP contribution in [-0.2, 0) is 31.4 Å². The van der Waals surface area contributed by atoms with Gasteiger partial charge in [-0.25, -0.2) is 17.8 Å². The van der Waals surface area contributed by atoms with Gasteiger partial charge in [0.2, 0.25) is 10.0 Å². The maximum Gasteiger partial charge on any atom is 0.286 e. The number of amidine groups is 1. The third-order valence-electron chi connectivity index (χ3n) is 7.62. The maximum atomic E-state index is 14.0. The Labute approximate surface area is 225 Å². The lowest BCUT2D eigenvalue weighted by molar-refractivity contribution is -0.185. The van der Waals surface area contributed by atoms with Gasteiger partial charge in [0.05, 0.1) is 24.5 Å². The predicted octanol–water partition coefficient (Wildman–Crippen LogP) is 2.72. The van der Waals surface area contributed by atoms with E-state index in [4.69, 9.17) is 0 Å². The van der Waals surface area contributed by atoms with Gasteiger partial charge < -0.3 is 10.4 Å². The van der Waals surface area contributed by atoms with Crippen LogP contribution in [0.25, 0.3) is 0 Å². The second-order valence-electron chi connectivity index (χ2n) is 10.3. The number of amides is 1. The van der Waals surface area contributed by atoms with Crippen molar-refractivity contribution in [2.24, 2.45) is 10.3 Å². The Morgan fingerprint density at radius 1 is 1.13 bits per heavy atom. The molecule has 0 spiro atoms. The number of nitrogens with zero attached hydrogens (tertiary/aromatic N) is 3. The van der Waals surface area contributed by atoms with Crippen molar-refractivity contribution in [1.29, 1.82) is 0 Å². The normalized spacial score (nSPS) is 26.0. The summed E-state index contributed by atoms with van der Waals surface area (Å²) in [7, 11) is -8.02. The van der Waals surface area contributed by atoms with Crippen LogP contribution < -0.4 is 10.0 Å². The van der Waals surface area contributed by atoms with E-state index in [1.54, 1.807) is 12.1 Å². The zero-order valence-corrected chi connectivity index (χ0v) is 22.5. The van der Waals surface area contributed by atoms with Crippen LogP contribution in [0, 0.1) is 11.7 Å². The van der Waals surface area contributed by atoms with Crippen molar-refractivity contribution in [3.63, 3.8) is 0 Å². The zero-order chi connectivity index (χ0) is 27.7. The van der Waals surface area contributed by atoms with Gasteiger partial charge in [0.15, 0.2) is 5.84 Å². The summed E-state index contributed by atoms with van der Waals surface area (Å²) in [5.74, 6) is -1.51. The van der Waals surface area contributed by atoms with Crippen LogP contribution in [0.1, 0.15) is 31.2 Å². The number of piperidine rings is 2. The van der Waals surface area contributed by atoms with Gasteiger partial charge in [0.1, 0.15) is 22.0 Å². The molecule has 4 heterocycles. The molecule has 1 atom stereocenters. The number of carbonyl (C=O) groups excluding carboxylic acids is 1. The molecule has 206 valence electrons. The van der Waals surface area contributed by atoms with Crippen LogP contribution in [0.15, 0.2) is 63.1 Å². The average Bonchev–Trinajstić information content (AvgIpc) is 2.87. The minimum Gasteiger partial charge on any atom is -0.510 e. The molecule has 1 unspecified atom stereocenters. The summed E-state index contributed by atoms with van der Waals surface area (Å²) in [6.45, 7) is 0.104. The average molecular weight is 576 g/mol. The molecule has 4 aliphatic heterocycles. The highest BCUT2D eigenvalue weighted by molar-refractivity contribution is 7.92. The van der Waals surface area contributed by atoms with Crippen LogP contribution in [0.5, 0.6) is 0 Å². The van der Waals surface area contributed by atoms with Crippen molar-refractivity contribution >= 4 is 43.2 Å². The number of fused-ring (bicyclic) bond motifs is 3. The molecule has 2 aromatic rings. The standard InChI is InChI=1S/C25H26FN5O6S2/c1-38(34,35)28-17-8-11-19-20(12-17)39(36,37)29-24(27-19)21-23(32)22-15-4-9-18(10-5-15)31(22)30(25(21)33)13-14-2-6-16(26)7-3-14/h2-3,6-8,11-12,15,18,22,28,32H,4-5,9-10,13H2,1H3,(H,27,29). The van der Waals surface area contributed by atoms with Gasteiger partial charge in [-0.1, -0.05) is 12.1 Å². The Morgan fingerprint density at radius 2 is 1.82 bits per heavy atom. The van der Waals surface area contributed by atoms with E-state index in [0.29, 0.717) is 5.56 Å². The molecule has 0 radical (unpaired) electrons. The molecule has 5 aliphatic rings. The number of sulfonamides is 2. The lowest BCUT2D eigenvalue weighted by Crippen LogP contribution is -2.67. The van der Waals surface area contributed by atoms with E-state index in [-0.39, 0.29) is 51.9 Å². The fourth-order valence-electron chi connectivity index (χ4n) is 6.00. The first-order chi connectivity index (χ1) is 18.4. The lowest BCUT2D eigenvalue weighted by atomic mass is 9.73. The highest BCUT2D eigenvalue weighted by atomic mass is 32.2. The Hall–Kier alpha value is -3.49. The summed E-state index contributed by atoms with van der Waals surface area (Å²) in [6, 6.07) is 9.16. The van der Waals surface area contributed by atoms with Gasteiger partial charge in [-0.3, -0.25) is 14.5 Å². The van der Waals surface area contributed by atoms with Crippen LogP contribution in [-0.4, -0.2) is 62.0 Å². The molecule has 11 nitrogen and oxygen atoms in total. The molecule has 2 bridgehead atoms. The van der Waals surface area contributed by atoms with Gasteiger partial charge in [-0.2, -0.15) is 8.42 Å². The van der Waals surface area contributed by atoms with Gasteiger partial charge in [0.25, 0.3) is 15.9 Å². The molecule has 1 saturated carbocycles. The molecule has 39 heavy (non-hydrogen) atoms. The topological polar surface area (TPSA) is 148 Å². The van der Waals surface area contributed by atoms with Crippen LogP contribution in [0.2, 0.25) is 0 Å². The van der Waals surface area contributed by atoms with Crippen molar-refractivity contribution in [2.45, 2.75) is 49.2 Å². The first kappa shape index (κ1) is 25.8. The fourth-order valence-corrected chi connectivity index (χ4v) is 7.70. The summed E-state index contributed by atoms with van der Waals surface area (Å²) >= 11 is 0. The van der Waals surface area contributed by atoms with E-state index in [2.05, 4.69) is 14.4 Å². The first-order valence-corrected chi connectivity index (χ1v) is 15.8. The summed E-state index contributed by atoms with van der Waals surface area (Å²) in [4.78, 5) is 13.7. The summed E-state index contributed by atoms with van der Waals surface area (Å²) < 4.78 is 69.2. The Balaban J connectivity index is 1.42. The number of hydrogen-bond acceptors (Lipinski definition) is 8. The van der Waals surface area contributed by atoms with Gasteiger partial charge in [-0.15, -0.1) is 4.40 Å². The number of hydrazine groups is 1. The van der Waals surface area contributed by atoms with Crippen LogP contribution in [0.4, 0.5) is 15.8 Å². The molecule has 1 amide bonds. The van der Waals surface area contributed by atoms with Crippen molar-refractivity contribution < 1.29 is 31.1 Å². The van der Waals surface area contributed by atoms with Gasteiger partial charge in [-0.05, 0) is 67.5 Å². The third-order valence-corrected chi connectivity index (χ3v) is 9.54. The maximum absolute atomic E-state index is 14.0. The number of aliphatic hydroxyl groups excluding tert-OH is 1. The second-order valence-corrected chi connectivity index (χ2v) is 13.6. The highest BCUT2D eigenvalue weighted by Gasteiger charge is 2.53. The van der Waals surface area contributed by atoms with E-state index in [1.165, 1.54) is 29.3 Å². The number of carbonyl (C=O) groups is 1. The number of halogens is 1. The molecule has 7 rings (SSSR count). The number of hydrogen-bond donors (Lipinski definition) is 3. The SMILES string of the molecule is CS(=O)(=O)Nc1ccc2c(c1)S(=O)(=O)N=C(C1=C(O)C3C4CCC(CC4)N3N(Cc3ccc(F)cc3)C1=O)N2. The number of nitrogens with one attached hydrogen (secondary N) is 2. The summed E-state index contributed by atoms with van der Waals surface area (Å²) in [5.41, 5.74) is 0.562. The smallest absolute Gasteiger partial charge is 0.286 e. The van der Waals surface area contributed by atoms with Gasteiger partial charge in [0, 0.05) is 11.7 Å². The Bertz CT molecular complexity index is 1650. The van der Waals surface area contributed by atoms with E-state index in [0.717, 1.165) is 38.0 Å². The minimum atomic E-state index is -4.37. The summed E-state index contributed by atoms with van der Waals surface area (Å²) in [6.07, 6.45) is 4.39. The zero-order valence-electron chi connectivity index (χ0n) is 20.8. The molecule has 1 aliphatic carbocycles. The van der Waals surface area contributed by atoms with Crippen LogP contribution >= 0.6 is 0 Å². The first-order valence-electron chi connectivity index (χ1n) is 12.4. The van der Waals surface area contributed by atoms with E-state index in [1.807, 2.05) is 5.01 Å². The van der Waals surface area contributed by atoms with Crippen molar-refractivity contribution in [3.05, 3.63) is 65.2 Å². The quantitative estimate of drug-likeness (QED) is 0.493. The Morgan fingerprint density at radius 3 is 2.49 bits per heavy atom. The monoisotopic (exact) mass is 575 g/mol. The van der Waals surface area contributed by atoms with Crippen LogP contribution in [0.3, 0.4) is 0 Å². The number of anilines is 2. The van der Waals surface area contributed by atoms with Gasteiger partial charge >= 0.3 is 0 Å². The third kappa shape index (κ3) is 4.55. The fraction of sp³-hybridized carbons (Fsp3) is 0.360.